The Morgan fingerprint density at radius 1 is 1.12 bits per heavy atom. The SMILES string of the molecule is COc1ccccc1CCC(=O)OCC(=O)Nc1ccc(F)cc1F. The summed E-state index contributed by atoms with van der Waals surface area (Å²) < 4.78 is 36.2. The lowest BCUT2D eigenvalue weighted by Crippen LogP contribution is -2.21. The molecule has 0 saturated carbocycles. The minimum absolute atomic E-state index is 0.0680. The van der Waals surface area contributed by atoms with E-state index in [-0.39, 0.29) is 12.1 Å². The van der Waals surface area contributed by atoms with Crippen molar-refractivity contribution in [2.24, 2.45) is 0 Å². The van der Waals surface area contributed by atoms with Gasteiger partial charge in [-0.2, -0.15) is 0 Å². The molecular formula is C18H17F2NO4. The van der Waals surface area contributed by atoms with Crippen molar-refractivity contribution in [2.45, 2.75) is 12.8 Å². The van der Waals surface area contributed by atoms with Crippen LogP contribution >= 0.6 is 0 Å². The molecule has 7 heteroatoms. The molecule has 0 atom stereocenters. The van der Waals surface area contributed by atoms with E-state index in [4.69, 9.17) is 9.47 Å². The van der Waals surface area contributed by atoms with Gasteiger partial charge in [0.1, 0.15) is 17.4 Å². The van der Waals surface area contributed by atoms with E-state index in [0.717, 1.165) is 17.7 Å². The maximum Gasteiger partial charge on any atom is 0.306 e. The zero-order valence-corrected chi connectivity index (χ0v) is 13.6. The average Bonchev–Trinajstić information content (AvgIpc) is 2.60. The first-order valence-corrected chi connectivity index (χ1v) is 7.52. The minimum atomic E-state index is -0.907. The highest BCUT2D eigenvalue weighted by atomic mass is 19.1. The molecule has 5 nitrogen and oxygen atoms in total. The Morgan fingerprint density at radius 3 is 2.60 bits per heavy atom. The van der Waals surface area contributed by atoms with E-state index < -0.39 is 30.1 Å². The summed E-state index contributed by atoms with van der Waals surface area (Å²) >= 11 is 0. The number of hydrogen-bond acceptors (Lipinski definition) is 4. The van der Waals surface area contributed by atoms with E-state index in [1.54, 1.807) is 6.07 Å². The summed E-state index contributed by atoms with van der Waals surface area (Å²) in [6, 6.07) is 10.0. The number of amides is 1. The number of carbonyl (C=O) groups excluding carboxylic acids is 2. The first-order chi connectivity index (χ1) is 12.0. The zero-order valence-electron chi connectivity index (χ0n) is 13.6. The van der Waals surface area contributed by atoms with Crippen LogP contribution in [0.2, 0.25) is 0 Å². The number of carbonyl (C=O) groups is 2. The molecule has 1 amide bonds. The van der Waals surface area contributed by atoms with Crippen LogP contribution in [0.5, 0.6) is 5.75 Å². The molecule has 132 valence electrons. The molecule has 0 aliphatic carbocycles. The lowest BCUT2D eigenvalue weighted by Gasteiger charge is -2.09. The lowest BCUT2D eigenvalue weighted by atomic mass is 10.1. The van der Waals surface area contributed by atoms with Crippen LogP contribution in [0, 0.1) is 11.6 Å². The van der Waals surface area contributed by atoms with E-state index in [1.165, 1.54) is 7.11 Å². The third kappa shape index (κ3) is 5.56. The average molecular weight is 349 g/mol. The molecule has 0 aliphatic heterocycles. The van der Waals surface area contributed by atoms with Gasteiger partial charge in [0.2, 0.25) is 0 Å². The van der Waals surface area contributed by atoms with Gasteiger partial charge >= 0.3 is 5.97 Å². The van der Waals surface area contributed by atoms with E-state index in [0.29, 0.717) is 18.2 Å². The van der Waals surface area contributed by atoms with Gasteiger partial charge < -0.3 is 14.8 Å². The van der Waals surface area contributed by atoms with E-state index >= 15 is 0 Å². The summed E-state index contributed by atoms with van der Waals surface area (Å²) in [4.78, 5) is 23.4. The summed E-state index contributed by atoms with van der Waals surface area (Å²) in [7, 11) is 1.54. The number of methoxy groups -OCH3 is 1. The molecule has 0 fully saturated rings. The molecule has 1 N–H and O–H groups in total. The molecule has 2 rings (SSSR count). The van der Waals surface area contributed by atoms with E-state index in [9.17, 15) is 18.4 Å². The number of nitrogens with one attached hydrogen (secondary N) is 1. The maximum absolute atomic E-state index is 13.4. The van der Waals surface area contributed by atoms with Crippen LogP contribution < -0.4 is 10.1 Å². The fraction of sp³-hybridized carbons (Fsp3) is 0.222. The van der Waals surface area contributed by atoms with Crippen LogP contribution in [0.3, 0.4) is 0 Å². The van der Waals surface area contributed by atoms with Gasteiger partial charge in [-0.1, -0.05) is 18.2 Å². The molecule has 0 heterocycles. The molecule has 0 spiro atoms. The van der Waals surface area contributed by atoms with Crippen molar-refractivity contribution < 1.29 is 27.8 Å². The normalized spacial score (nSPS) is 10.2. The molecule has 0 aromatic heterocycles. The number of anilines is 1. The molecule has 25 heavy (non-hydrogen) atoms. The third-order valence-electron chi connectivity index (χ3n) is 3.36. The number of hydrogen-bond donors (Lipinski definition) is 1. The lowest BCUT2D eigenvalue weighted by molar-refractivity contribution is -0.147. The van der Waals surface area contributed by atoms with Crippen LogP contribution in [0.15, 0.2) is 42.5 Å². The van der Waals surface area contributed by atoms with Crippen LogP contribution in [-0.4, -0.2) is 25.6 Å². The summed E-state index contributed by atoms with van der Waals surface area (Å²) in [5, 5.41) is 2.21. The van der Waals surface area contributed by atoms with Crippen molar-refractivity contribution in [1.82, 2.24) is 0 Å². The monoisotopic (exact) mass is 349 g/mol. The Kier molecular flexibility index (Phi) is 6.45. The number of esters is 1. The van der Waals surface area contributed by atoms with Crippen molar-refractivity contribution in [2.75, 3.05) is 19.0 Å². The highest BCUT2D eigenvalue weighted by Crippen LogP contribution is 2.19. The Hall–Kier alpha value is -2.96. The van der Waals surface area contributed by atoms with Crippen molar-refractivity contribution in [3.8, 4) is 5.75 Å². The van der Waals surface area contributed by atoms with Crippen molar-refractivity contribution in [3.63, 3.8) is 0 Å². The third-order valence-corrected chi connectivity index (χ3v) is 3.36. The van der Waals surface area contributed by atoms with Gasteiger partial charge in [-0.05, 0) is 30.2 Å². The second-order valence-electron chi connectivity index (χ2n) is 5.14. The van der Waals surface area contributed by atoms with Gasteiger partial charge in [0.25, 0.3) is 5.91 Å². The van der Waals surface area contributed by atoms with Crippen molar-refractivity contribution in [1.29, 1.82) is 0 Å². The molecule has 0 saturated heterocycles. The predicted octanol–water partition coefficient (Wildman–Crippen LogP) is 3.09. The summed E-state index contributed by atoms with van der Waals surface area (Å²) in [6.07, 6.45) is 0.468. The quantitative estimate of drug-likeness (QED) is 0.780. The summed E-state index contributed by atoms with van der Waals surface area (Å²) in [6.45, 7) is -0.554. The van der Waals surface area contributed by atoms with Crippen molar-refractivity contribution >= 4 is 17.6 Å². The highest BCUT2D eigenvalue weighted by Gasteiger charge is 2.12. The second kappa shape index (κ2) is 8.77. The smallest absolute Gasteiger partial charge is 0.306 e. The van der Waals surface area contributed by atoms with Gasteiger partial charge in [0.15, 0.2) is 6.61 Å². The molecule has 0 unspecified atom stereocenters. The number of rotatable bonds is 7. The second-order valence-corrected chi connectivity index (χ2v) is 5.14. The van der Waals surface area contributed by atoms with Gasteiger partial charge in [-0.3, -0.25) is 9.59 Å². The number of aryl methyl sites for hydroxylation is 1. The van der Waals surface area contributed by atoms with Crippen LogP contribution in [-0.2, 0) is 20.7 Å². The van der Waals surface area contributed by atoms with Gasteiger partial charge in [0, 0.05) is 12.5 Å². The molecule has 0 bridgehead atoms. The van der Waals surface area contributed by atoms with Gasteiger partial charge in [-0.15, -0.1) is 0 Å². The fourth-order valence-electron chi connectivity index (χ4n) is 2.14. The summed E-state index contributed by atoms with van der Waals surface area (Å²) in [5.41, 5.74) is 0.663. The Morgan fingerprint density at radius 2 is 1.88 bits per heavy atom. The number of halogens is 2. The first-order valence-electron chi connectivity index (χ1n) is 7.52. The Balaban J connectivity index is 1.78. The molecule has 2 aromatic rings. The number of benzene rings is 2. The molecule has 2 aromatic carbocycles. The molecule has 0 aliphatic rings. The van der Waals surface area contributed by atoms with Crippen LogP contribution in [0.1, 0.15) is 12.0 Å². The topological polar surface area (TPSA) is 64.6 Å². The standard InChI is InChI=1S/C18H17F2NO4/c1-24-16-5-3-2-4-12(16)6-9-18(23)25-11-17(22)21-15-8-7-13(19)10-14(15)20/h2-5,7-8,10H,6,9,11H2,1H3,(H,21,22). The van der Waals surface area contributed by atoms with E-state index in [1.807, 2.05) is 18.2 Å². The zero-order chi connectivity index (χ0) is 18.2. The van der Waals surface area contributed by atoms with Crippen molar-refractivity contribution in [3.05, 3.63) is 59.7 Å². The molecule has 0 radical (unpaired) electrons. The largest absolute Gasteiger partial charge is 0.496 e. The fourth-order valence-corrected chi connectivity index (χ4v) is 2.14. The van der Waals surface area contributed by atoms with Crippen LogP contribution in [0.4, 0.5) is 14.5 Å². The summed E-state index contributed by atoms with van der Waals surface area (Å²) in [5.74, 6) is -2.27. The predicted molar refractivity (Wildman–Crippen MR) is 87.3 cm³/mol. The molecular weight excluding hydrogens is 332 g/mol. The number of para-hydroxylation sites is 1. The maximum atomic E-state index is 13.4. The van der Waals surface area contributed by atoms with Gasteiger partial charge in [0.05, 0.1) is 12.8 Å². The minimum Gasteiger partial charge on any atom is -0.496 e. The first kappa shape index (κ1) is 18.4. The van der Waals surface area contributed by atoms with Crippen LogP contribution in [0.25, 0.3) is 0 Å². The Bertz CT molecular complexity index is 764. The van der Waals surface area contributed by atoms with Gasteiger partial charge in [-0.25, -0.2) is 8.78 Å². The number of ether oxygens (including phenoxy) is 2. The highest BCUT2D eigenvalue weighted by molar-refractivity contribution is 5.92. The Labute approximate surface area is 143 Å². The van der Waals surface area contributed by atoms with E-state index in [2.05, 4.69) is 5.32 Å².